The molecule has 9 heteroatoms. The van der Waals surface area contributed by atoms with Crippen molar-refractivity contribution in [3.8, 4) is 0 Å². The lowest BCUT2D eigenvalue weighted by molar-refractivity contribution is -0.386. The Balaban J connectivity index is 2.32. The normalized spacial score (nSPS) is 10.4. The molecule has 110 valence electrons. The third-order valence-electron chi connectivity index (χ3n) is 2.97. The number of ether oxygens (including phenoxy) is 1. The van der Waals surface area contributed by atoms with Crippen molar-refractivity contribution in [3.63, 3.8) is 0 Å². The van der Waals surface area contributed by atoms with Crippen LogP contribution in [0.1, 0.15) is 27.4 Å². The molecule has 0 aliphatic rings. The molecule has 0 atom stereocenters. The molecule has 0 bridgehead atoms. The Morgan fingerprint density at radius 2 is 2.14 bits per heavy atom. The molecule has 0 unspecified atom stereocenters. The van der Waals surface area contributed by atoms with Crippen molar-refractivity contribution in [2.24, 2.45) is 0 Å². The highest BCUT2D eigenvalue weighted by Crippen LogP contribution is 2.24. The summed E-state index contributed by atoms with van der Waals surface area (Å²) in [6.07, 6.45) is 2.79. The first-order valence-corrected chi connectivity index (χ1v) is 6.01. The van der Waals surface area contributed by atoms with Gasteiger partial charge in [0, 0.05) is 11.8 Å². The van der Waals surface area contributed by atoms with Gasteiger partial charge in [0.05, 0.1) is 29.8 Å². The van der Waals surface area contributed by atoms with E-state index in [1.165, 1.54) is 24.3 Å². The summed E-state index contributed by atoms with van der Waals surface area (Å²) in [5, 5.41) is 15.0. The maximum Gasteiger partial charge on any atom is 0.377 e. The number of aryl methyl sites for hydroxylation is 1. The van der Waals surface area contributed by atoms with Gasteiger partial charge in [-0.1, -0.05) is 0 Å². The maximum absolute atomic E-state index is 11.3. The van der Waals surface area contributed by atoms with Crippen LogP contribution in [-0.2, 0) is 11.3 Å². The summed E-state index contributed by atoms with van der Waals surface area (Å²) in [5.74, 6) is -0.718. The summed E-state index contributed by atoms with van der Waals surface area (Å²) >= 11 is 0. The third kappa shape index (κ3) is 2.86. The lowest BCUT2D eigenvalue weighted by Crippen LogP contribution is -2.09. The molecule has 0 fully saturated rings. The van der Waals surface area contributed by atoms with Gasteiger partial charge in [-0.15, -0.1) is 5.10 Å². The van der Waals surface area contributed by atoms with Crippen LogP contribution in [0.4, 0.5) is 5.69 Å². The van der Waals surface area contributed by atoms with Crippen LogP contribution in [0.15, 0.2) is 12.5 Å². The standard InChI is InChI=1S/C12H13N5O4/c1-7-4-13-9(8(2)10(7)17(19)20)5-16-6-14-11(15-16)12(18)21-3/h4,6H,5H2,1-3H3. The van der Waals surface area contributed by atoms with Gasteiger partial charge in [0.15, 0.2) is 0 Å². The second-order valence-electron chi connectivity index (χ2n) is 4.38. The predicted molar refractivity (Wildman–Crippen MR) is 70.8 cm³/mol. The van der Waals surface area contributed by atoms with Crippen LogP contribution in [0.5, 0.6) is 0 Å². The SMILES string of the molecule is COC(=O)c1ncn(Cc2ncc(C)c([N+](=O)[O-])c2C)n1. The number of rotatable bonds is 4. The van der Waals surface area contributed by atoms with Crippen molar-refractivity contribution in [2.45, 2.75) is 20.4 Å². The number of hydrogen-bond donors (Lipinski definition) is 0. The first-order chi connectivity index (χ1) is 9.93. The van der Waals surface area contributed by atoms with Gasteiger partial charge in [-0.3, -0.25) is 15.1 Å². The van der Waals surface area contributed by atoms with E-state index in [2.05, 4.69) is 19.8 Å². The van der Waals surface area contributed by atoms with Crippen molar-refractivity contribution in [3.05, 3.63) is 45.3 Å². The van der Waals surface area contributed by atoms with E-state index in [1.54, 1.807) is 13.8 Å². The van der Waals surface area contributed by atoms with Crippen molar-refractivity contribution >= 4 is 11.7 Å². The van der Waals surface area contributed by atoms with Crippen LogP contribution in [0, 0.1) is 24.0 Å². The van der Waals surface area contributed by atoms with Gasteiger partial charge >= 0.3 is 5.97 Å². The Labute approximate surface area is 119 Å². The number of pyridine rings is 1. The monoisotopic (exact) mass is 291 g/mol. The summed E-state index contributed by atoms with van der Waals surface area (Å²) < 4.78 is 5.88. The molecule has 0 radical (unpaired) electrons. The summed E-state index contributed by atoms with van der Waals surface area (Å²) in [5.41, 5.74) is 1.49. The van der Waals surface area contributed by atoms with E-state index in [4.69, 9.17) is 0 Å². The van der Waals surface area contributed by atoms with Crippen molar-refractivity contribution in [1.82, 2.24) is 19.7 Å². The molecule has 2 aromatic heterocycles. The maximum atomic E-state index is 11.3. The second kappa shape index (κ2) is 5.65. The molecule has 2 aromatic rings. The first kappa shape index (κ1) is 14.6. The van der Waals surface area contributed by atoms with Gasteiger partial charge in [0.2, 0.25) is 0 Å². The summed E-state index contributed by atoms with van der Waals surface area (Å²) in [6, 6.07) is 0. The minimum Gasteiger partial charge on any atom is -0.463 e. The number of esters is 1. The first-order valence-electron chi connectivity index (χ1n) is 6.01. The quantitative estimate of drug-likeness (QED) is 0.469. The molecule has 2 rings (SSSR count). The molecular weight excluding hydrogens is 278 g/mol. The fourth-order valence-electron chi connectivity index (χ4n) is 1.91. The van der Waals surface area contributed by atoms with Crippen molar-refractivity contribution in [2.75, 3.05) is 7.11 Å². The van der Waals surface area contributed by atoms with Crippen LogP contribution in [0.25, 0.3) is 0 Å². The van der Waals surface area contributed by atoms with E-state index in [9.17, 15) is 14.9 Å². The number of hydrogen-bond acceptors (Lipinski definition) is 7. The van der Waals surface area contributed by atoms with Gasteiger partial charge in [-0.05, 0) is 13.8 Å². The number of carbonyl (C=O) groups is 1. The van der Waals surface area contributed by atoms with Crippen LogP contribution in [0.2, 0.25) is 0 Å². The smallest absolute Gasteiger partial charge is 0.377 e. The molecule has 0 spiro atoms. The van der Waals surface area contributed by atoms with Crippen molar-refractivity contribution < 1.29 is 14.5 Å². The number of aromatic nitrogens is 4. The topological polar surface area (TPSA) is 113 Å². The zero-order chi connectivity index (χ0) is 15.6. The Bertz CT molecular complexity index is 710. The molecular formula is C12H13N5O4. The Morgan fingerprint density at radius 3 is 2.76 bits per heavy atom. The van der Waals surface area contributed by atoms with E-state index in [-0.39, 0.29) is 18.1 Å². The van der Waals surface area contributed by atoms with Gasteiger partial charge in [0.1, 0.15) is 6.33 Å². The Morgan fingerprint density at radius 1 is 1.43 bits per heavy atom. The van der Waals surface area contributed by atoms with E-state index in [0.29, 0.717) is 16.8 Å². The number of nitrogens with zero attached hydrogens (tertiary/aromatic N) is 5. The van der Waals surface area contributed by atoms with Gasteiger partial charge in [-0.2, -0.15) is 0 Å². The molecule has 0 aliphatic heterocycles. The fourth-order valence-corrected chi connectivity index (χ4v) is 1.91. The zero-order valence-corrected chi connectivity index (χ0v) is 11.7. The number of carbonyl (C=O) groups excluding carboxylic acids is 1. The highest BCUT2D eigenvalue weighted by molar-refractivity contribution is 5.84. The number of nitro groups is 1. The molecule has 21 heavy (non-hydrogen) atoms. The molecule has 0 amide bonds. The molecule has 0 aliphatic carbocycles. The Kier molecular flexibility index (Phi) is 3.92. The average molecular weight is 291 g/mol. The molecule has 0 aromatic carbocycles. The van der Waals surface area contributed by atoms with E-state index in [1.807, 2.05) is 0 Å². The van der Waals surface area contributed by atoms with Crippen LogP contribution >= 0.6 is 0 Å². The minimum atomic E-state index is -0.645. The third-order valence-corrected chi connectivity index (χ3v) is 2.97. The van der Waals surface area contributed by atoms with E-state index in [0.717, 1.165) is 0 Å². The summed E-state index contributed by atoms with van der Waals surface area (Å²) in [4.78, 5) is 29.9. The lowest BCUT2D eigenvalue weighted by Gasteiger charge is -2.07. The van der Waals surface area contributed by atoms with Gasteiger partial charge in [0.25, 0.3) is 11.5 Å². The Hall–Kier alpha value is -2.84. The zero-order valence-electron chi connectivity index (χ0n) is 11.7. The number of methoxy groups -OCH3 is 1. The lowest BCUT2D eigenvalue weighted by atomic mass is 10.1. The van der Waals surface area contributed by atoms with Gasteiger partial charge in [-0.25, -0.2) is 14.5 Å². The van der Waals surface area contributed by atoms with E-state index >= 15 is 0 Å². The predicted octanol–water partition coefficient (Wildman–Crippen LogP) is 1.03. The molecule has 0 saturated heterocycles. The second-order valence-corrected chi connectivity index (χ2v) is 4.38. The largest absolute Gasteiger partial charge is 0.463 e. The van der Waals surface area contributed by atoms with Gasteiger partial charge < -0.3 is 4.74 Å². The molecule has 0 N–H and O–H groups in total. The van der Waals surface area contributed by atoms with E-state index < -0.39 is 10.9 Å². The van der Waals surface area contributed by atoms with Crippen LogP contribution in [0.3, 0.4) is 0 Å². The highest BCUT2D eigenvalue weighted by atomic mass is 16.6. The fraction of sp³-hybridized carbons (Fsp3) is 0.333. The molecule has 2 heterocycles. The summed E-state index contributed by atoms with van der Waals surface area (Å²) in [6.45, 7) is 3.44. The molecule has 9 nitrogen and oxygen atoms in total. The van der Waals surface area contributed by atoms with Crippen molar-refractivity contribution in [1.29, 1.82) is 0 Å². The van der Waals surface area contributed by atoms with Crippen LogP contribution < -0.4 is 0 Å². The summed E-state index contributed by atoms with van der Waals surface area (Å²) in [7, 11) is 1.23. The molecule has 0 saturated carbocycles. The average Bonchev–Trinajstić information content (AvgIpc) is 2.89. The minimum absolute atomic E-state index is 0.0355. The highest BCUT2D eigenvalue weighted by Gasteiger charge is 2.19. The van der Waals surface area contributed by atoms with Crippen LogP contribution in [-0.4, -0.2) is 37.8 Å².